The largest absolute Gasteiger partial charge is 0.478 e. The van der Waals surface area contributed by atoms with Gasteiger partial charge in [-0.3, -0.25) is 20.2 Å². The monoisotopic (exact) mass is 296 g/mol. The van der Waals surface area contributed by atoms with E-state index in [-0.39, 0.29) is 0 Å². The summed E-state index contributed by atoms with van der Waals surface area (Å²) in [6.07, 6.45) is 1.68. The predicted molar refractivity (Wildman–Crippen MR) is 63.8 cm³/mol. The molecule has 0 aliphatic rings. The number of nitro groups is 2. The smallest absolute Gasteiger partial charge is 0.338 e. The predicted octanol–water partition coefficient (Wildman–Crippen LogP) is 1.53. The third-order valence-electron chi connectivity index (χ3n) is 2.52. The van der Waals surface area contributed by atoms with Crippen LogP contribution in [-0.2, 0) is 0 Å². The standard InChI is InChI=1S/C10H5FN4O6/c11-7-2-9(15(20)21)8(1-6(7)10(16)17)13-4-5(3-12-13)14(18)19/h1-4H,(H,16,17). The number of carboxylic acids is 1. The molecule has 0 unspecified atom stereocenters. The summed E-state index contributed by atoms with van der Waals surface area (Å²) in [6, 6.07) is 1.11. The second-order valence-electron chi connectivity index (χ2n) is 3.78. The summed E-state index contributed by atoms with van der Waals surface area (Å²) in [4.78, 5) is 30.6. The molecule has 0 fully saturated rings. The van der Waals surface area contributed by atoms with Crippen LogP contribution in [0.4, 0.5) is 15.8 Å². The first-order chi connectivity index (χ1) is 9.81. The van der Waals surface area contributed by atoms with E-state index in [2.05, 4.69) is 5.10 Å². The molecule has 108 valence electrons. The Morgan fingerprint density at radius 3 is 2.43 bits per heavy atom. The Hall–Kier alpha value is -3.37. The number of hydrogen-bond donors (Lipinski definition) is 1. The lowest BCUT2D eigenvalue weighted by Gasteiger charge is -2.05. The molecule has 21 heavy (non-hydrogen) atoms. The van der Waals surface area contributed by atoms with Crippen molar-refractivity contribution in [3.63, 3.8) is 0 Å². The van der Waals surface area contributed by atoms with E-state index in [0.717, 1.165) is 17.1 Å². The van der Waals surface area contributed by atoms with Crippen LogP contribution in [-0.4, -0.2) is 30.7 Å². The second kappa shape index (κ2) is 4.96. The average Bonchev–Trinajstić information content (AvgIpc) is 2.87. The first kappa shape index (κ1) is 14.0. The minimum atomic E-state index is -1.63. The highest BCUT2D eigenvalue weighted by atomic mass is 19.1. The Balaban J connectivity index is 2.69. The normalized spacial score (nSPS) is 10.3. The Morgan fingerprint density at radius 1 is 1.29 bits per heavy atom. The van der Waals surface area contributed by atoms with Crippen LogP contribution in [0.5, 0.6) is 0 Å². The SMILES string of the molecule is O=C(O)c1cc(-n2cc([N+](=O)[O-])cn2)c([N+](=O)[O-])cc1F. The van der Waals surface area contributed by atoms with Crippen LogP contribution in [0.2, 0.25) is 0 Å². The van der Waals surface area contributed by atoms with Crippen LogP contribution in [0.1, 0.15) is 10.4 Å². The summed E-state index contributed by atoms with van der Waals surface area (Å²) < 4.78 is 14.2. The lowest BCUT2D eigenvalue weighted by atomic mass is 10.1. The molecule has 1 aromatic carbocycles. The van der Waals surface area contributed by atoms with Crippen molar-refractivity contribution in [3.8, 4) is 5.69 Å². The number of benzene rings is 1. The van der Waals surface area contributed by atoms with E-state index in [1.165, 1.54) is 0 Å². The number of carbonyl (C=O) groups is 1. The average molecular weight is 296 g/mol. The number of carboxylic acid groups (broad SMARTS) is 1. The highest BCUT2D eigenvalue weighted by Crippen LogP contribution is 2.27. The number of aromatic nitrogens is 2. The molecule has 2 rings (SSSR count). The summed E-state index contributed by atoms with van der Waals surface area (Å²) >= 11 is 0. The van der Waals surface area contributed by atoms with Gasteiger partial charge in [-0.2, -0.15) is 5.10 Å². The zero-order valence-electron chi connectivity index (χ0n) is 9.96. The van der Waals surface area contributed by atoms with Crippen molar-refractivity contribution in [1.82, 2.24) is 9.78 Å². The molecular weight excluding hydrogens is 291 g/mol. The van der Waals surface area contributed by atoms with E-state index in [0.29, 0.717) is 12.1 Å². The molecule has 11 heteroatoms. The van der Waals surface area contributed by atoms with Gasteiger partial charge < -0.3 is 5.11 Å². The van der Waals surface area contributed by atoms with E-state index >= 15 is 0 Å². The van der Waals surface area contributed by atoms with Gasteiger partial charge >= 0.3 is 11.7 Å². The molecule has 0 saturated carbocycles. The Morgan fingerprint density at radius 2 is 1.95 bits per heavy atom. The third-order valence-corrected chi connectivity index (χ3v) is 2.52. The molecule has 0 saturated heterocycles. The zero-order valence-corrected chi connectivity index (χ0v) is 9.96. The molecule has 0 radical (unpaired) electrons. The van der Waals surface area contributed by atoms with Crippen LogP contribution in [0.15, 0.2) is 24.5 Å². The van der Waals surface area contributed by atoms with Crippen molar-refractivity contribution in [2.45, 2.75) is 0 Å². The van der Waals surface area contributed by atoms with E-state index in [9.17, 15) is 29.4 Å². The van der Waals surface area contributed by atoms with Gasteiger partial charge in [-0.05, 0) is 6.07 Å². The third kappa shape index (κ3) is 2.51. The van der Waals surface area contributed by atoms with Gasteiger partial charge in [-0.1, -0.05) is 0 Å². The first-order valence-electron chi connectivity index (χ1n) is 5.22. The second-order valence-corrected chi connectivity index (χ2v) is 3.78. The van der Waals surface area contributed by atoms with Gasteiger partial charge in [0.15, 0.2) is 0 Å². The Bertz CT molecular complexity index is 771. The lowest BCUT2D eigenvalue weighted by molar-refractivity contribution is -0.385. The minimum absolute atomic E-state index is 0.396. The molecule has 2 aromatic rings. The highest BCUT2D eigenvalue weighted by Gasteiger charge is 2.24. The fourth-order valence-electron chi connectivity index (χ4n) is 1.58. The molecule has 0 atom stereocenters. The summed E-state index contributed by atoms with van der Waals surface area (Å²) in [6.45, 7) is 0. The fraction of sp³-hybridized carbons (Fsp3) is 0. The quantitative estimate of drug-likeness (QED) is 0.665. The first-order valence-corrected chi connectivity index (χ1v) is 5.22. The van der Waals surface area contributed by atoms with Crippen molar-refractivity contribution in [2.24, 2.45) is 0 Å². The van der Waals surface area contributed by atoms with Gasteiger partial charge in [0.25, 0.3) is 5.69 Å². The van der Waals surface area contributed by atoms with Crippen LogP contribution in [0.25, 0.3) is 5.69 Å². The molecule has 0 aliphatic carbocycles. The van der Waals surface area contributed by atoms with Crippen molar-refractivity contribution in [2.75, 3.05) is 0 Å². The minimum Gasteiger partial charge on any atom is -0.478 e. The maximum absolute atomic E-state index is 13.5. The van der Waals surface area contributed by atoms with Crippen LogP contribution in [0, 0.1) is 26.0 Å². The topological polar surface area (TPSA) is 141 Å². The maximum atomic E-state index is 13.5. The Labute approximate surface area is 114 Å². The molecule has 1 N–H and O–H groups in total. The molecule has 0 bridgehead atoms. The molecule has 1 aromatic heterocycles. The van der Waals surface area contributed by atoms with Gasteiger partial charge in [0.05, 0.1) is 21.5 Å². The summed E-state index contributed by atoms with van der Waals surface area (Å²) in [5, 5.41) is 33.8. The van der Waals surface area contributed by atoms with E-state index in [4.69, 9.17) is 5.11 Å². The van der Waals surface area contributed by atoms with Gasteiger partial charge in [0.2, 0.25) is 0 Å². The molecule has 1 heterocycles. The van der Waals surface area contributed by atoms with Crippen molar-refractivity contribution in [3.05, 3.63) is 56.1 Å². The zero-order chi connectivity index (χ0) is 15.7. The van der Waals surface area contributed by atoms with Crippen molar-refractivity contribution in [1.29, 1.82) is 0 Å². The van der Waals surface area contributed by atoms with Gasteiger partial charge in [-0.25, -0.2) is 13.9 Å². The summed E-state index contributed by atoms with van der Waals surface area (Å²) in [5.41, 5.74) is -2.43. The van der Waals surface area contributed by atoms with Crippen LogP contribution >= 0.6 is 0 Å². The number of rotatable bonds is 4. The number of halogens is 1. The summed E-state index contributed by atoms with van der Waals surface area (Å²) in [5.74, 6) is -2.93. The number of aromatic carboxylic acids is 1. The van der Waals surface area contributed by atoms with E-state index < -0.39 is 44.3 Å². The van der Waals surface area contributed by atoms with Gasteiger partial charge in [-0.15, -0.1) is 0 Å². The van der Waals surface area contributed by atoms with E-state index in [1.54, 1.807) is 0 Å². The molecule has 10 nitrogen and oxygen atoms in total. The maximum Gasteiger partial charge on any atom is 0.338 e. The Kier molecular flexibility index (Phi) is 3.32. The molecule has 0 aliphatic heterocycles. The number of nitro benzene ring substituents is 1. The molecule has 0 amide bonds. The molecular formula is C10H5FN4O6. The molecule has 0 spiro atoms. The number of hydrogen-bond acceptors (Lipinski definition) is 6. The lowest BCUT2D eigenvalue weighted by Crippen LogP contribution is -2.07. The fourth-order valence-corrected chi connectivity index (χ4v) is 1.58. The van der Waals surface area contributed by atoms with Gasteiger partial charge in [0, 0.05) is 0 Å². The van der Waals surface area contributed by atoms with E-state index in [1.807, 2.05) is 0 Å². The van der Waals surface area contributed by atoms with Gasteiger partial charge in [0.1, 0.15) is 23.9 Å². The highest BCUT2D eigenvalue weighted by molar-refractivity contribution is 5.89. The van der Waals surface area contributed by atoms with Crippen molar-refractivity contribution < 1.29 is 24.1 Å². The van der Waals surface area contributed by atoms with Crippen LogP contribution in [0.3, 0.4) is 0 Å². The van der Waals surface area contributed by atoms with Crippen LogP contribution < -0.4 is 0 Å². The number of nitrogens with zero attached hydrogens (tertiary/aromatic N) is 4. The summed E-state index contributed by atoms with van der Waals surface area (Å²) in [7, 11) is 0. The van der Waals surface area contributed by atoms with Crippen molar-refractivity contribution >= 4 is 17.3 Å².